The maximum absolute atomic E-state index is 15.3. The second-order valence-corrected chi connectivity index (χ2v) is 17.6. The SMILES string of the molecule is CCOc1cc(C(C)(C)C)ncc1C1=N[C@@](C)(c2ccc(Cl)cc2)[C@@](C)(c2ccc(Cl)cc2)N1C(=O)N1CCC(CC(=O)NCC2CCCCCC2)CC1. The van der Waals surface area contributed by atoms with Crippen molar-refractivity contribution in [2.24, 2.45) is 16.8 Å². The highest BCUT2D eigenvalue weighted by atomic mass is 35.5. The zero-order valence-electron chi connectivity index (χ0n) is 32.9. The summed E-state index contributed by atoms with van der Waals surface area (Å²) in [4.78, 5) is 42.6. The minimum absolute atomic E-state index is 0.127. The van der Waals surface area contributed by atoms with Gasteiger partial charge >= 0.3 is 6.03 Å². The summed E-state index contributed by atoms with van der Waals surface area (Å²) in [5.41, 5.74) is 1.12. The third kappa shape index (κ3) is 8.30. The lowest BCUT2D eigenvalue weighted by Crippen LogP contribution is -2.59. The van der Waals surface area contributed by atoms with Gasteiger partial charge in [-0.05, 0) is 93.7 Å². The zero-order chi connectivity index (χ0) is 38.7. The third-order valence-electron chi connectivity index (χ3n) is 12.0. The van der Waals surface area contributed by atoms with E-state index in [1.165, 1.54) is 38.5 Å². The van der Waals surface area contributed by atoms with Gasteiger partial charge in [0.25, 0.3) is 0 Å². The number of benzene rings is 2. The van der Waals surface area contributed by atoms with Gasteiger partial charge in [0.1, 0.15) is 22.7 Å². The first-order valence-electron chi connectivity index (χ1n) is 19.9. The molecular weight excluding hydrogens is 717 g/mol. The van der Waals surface area contributed by atoms with Gasteiger partial charge in [-0.3, -0.25) is 19.7 Å². The molecule has 1 saturated carbocycles. The van der Waals surface area contributed by atoms with Crippen molar-refractivity contribution in [3.8, 4) is 5.75 Å². The van der Waals surface area contributed by atoms with Crippen molar-refractivity contribution in [1.29, 1.82) is 0 Å². The van der Waals surface area contributed by atoms with Gasteiger partial charge in [0.15, 0.2) is 0 Å². The number of carbonyl (C=O) groups is 2. The molecule has 2 aromatic carbocycles. The average Bonchev–Trinajstić information content (AvgIpc) is 3.27. The van der Waals surface area contributed by atoms with E-state index < -0.39 is 11.1 Å². The van der Waals surface area contributed by atoms with E-state index in [2.05, 4.69) is 39.9 Å². The number of urea groups is 1. The molecule has 0 bridgehead atoms. The van der Waals surface area contributed by atoms with E-state index in [1.54, 1.807) is 6.20 Å². The normalized spacial score (nSPS) is 22.9. The summed E-state index contributed by atoms with van der Waals surface area (Å²) in [5.74, 6) is 2.05. The van der Waals surface area contributed by atoms with E-state index >= 15 is 4.79 Å². The highest BCUT2D eigenvalue weighted by molar-refractivity contribution is 6.30. The Labute approximate surface area is 332 Å². The van der Waals surface area contributed by atoms with E-state index in [0.29, 0.717) is 59.2 Å². The van der Waals surface area contributed by atoms with Crippen LogP contribution in [0.2, 0.25) is 10.0 Å². The first kappa shape index (κ1) is 40.1. The molecule has 2 fully saturated rings. The molecule has 6 rings (SSSR count). The number of nitrogens with one attached hydrogen (secondary N) is 1. The molecule has 3 aromatic rings. The molecule has 290 valence electrons. The highest BCUT2D eigenvalue weighted by Gasteiger charge is 2.60. The molecule has 3 amide bonds. The number of hydrogen-bond donors (Lipinski definition) is 1. The molecule has 8 nitrogen and oxygen atoms in total. The molecule has 0 spiro atoms. The maximum atomic E-state index is 15.3. The van der Waals surface area contributed by atoms with Crippen molar-refractivity contribution in [2.45, 2.75) is 116 Å². The Bertz CT molecular complexity index is 1810. The van der Waals surface area contributed by atoms with Crippen molar-refractivity contribution < 1.29 is 14.3 Å². The summed E-state index contributed by atoms with van der Waals surface area (Å²) in [5, 5.41) is 4.46. The van der Waals surface area contributed by atoms with Gasteiger partial charge in [-0.15, -0.1) is 0 Å². The number of piperidine rings is 1. The maximum Gasteiger partial charge on any atom is 0.326 e. The number of likely N-dealkylation sites (tertiary alicyclic amines) is 1. The van der Waals surface area contributed by atoms with Crippen LogP contribution in [-0.2, 0) is 21.3 Å². The van der Waals surface area contributed by atoms with E-state index in [1.807, 2.05) is 71.3 Å². The first-order valence-corrected chi connectivity index (χ1v) is 20.6. The van der Waals surface area contributed by atoms with Crippen LogP contribution in [0.25, 0.3) is 0 Å². The number of amidine groups is 1. The Morgan fingerprint density at radius 3 is 2.04 bits per heavy atom. The number of nitrogens with zero attached hydrogens (tertiary/aromatic N) is 4. The van der Waals surface area contributed by atoms with Crippen molar-refractivity contribution >= 4 is 41.0 Å². The zero-order valence-corrected chi connectivity index (χ0v) is 34.4. The number of halogens is 2. The summed E-state index contributed by atoms with van der Waals surface area (Å²) < 4.78 is 6.31. The van der Waals surface area contributed by atoms with Crippen LogP contribution in [0.3, 0.4) is 0 Å². The predicted molar refractivity (Wildman–Crippen MR) is 219 cm³/mol. The summed E-state index contributed by atoms with van der Waals surface area (Å²) in [7, 11) is 0. The van der Waals surface area contributed by atoms with E-state index in [9.17, 15) is 4.79 Å². The quantitative estimate of drug-likeness (QED) is 0.219. The second-order valence-electron chi connectivity index (χ2n) is 16.8. The highest BCUT2D eigenvalue weighted by Crippen LogP contribution is 2.54. The molecule has 10 heteroatoms. The van der Waals surface area contributed by atoms with Gasteiger partial charge in [-0.25, -0.2) is 4.79 Å². The lowest BCUT2D eigenvalue weighted by atomic mass is 9.71. The van der Waals surface area contributed by atoms with Crippen LogP contribution in [0.5, 0.6) is 5.75 Å². The molecule has 3 heterocycles. The molecule has 2 atom stereocenters. The van der Waals surface area contributed by atoms with Crippen LogP contribution in [0.1, 0.15) is 122 Å². The Balaban J connectivity index is 1.35. The predicted octanol–water partition coefficient (Wildman–Crippen LogP) is 10.3. The van der Waals surface area contributed by atoms with Crippen LogP contribution >= 0.6 is 23.2 Å². The number of pyridine rings is 1. The number of aromatic nitrogens is 1. The van der Waals surface area contributed by atoms with Gasteiger partial charge in [0, 0.05) is 59.5 Å². The third-order valence-corrected chi connectivity index (χ3v) is 12.5. The second kappa shape index (κ2) is 16.6. The minimum atomic E-state index is -1.02. The lowest BCUT2D eigenvalue weighted by molar-refractivity contribution is -0.122. The molecular formula is C44H57Cl2N5O3. The summed E-state index contributed by atoms with van der Waals surface area (Å²) >= 11 is 12.9. The van der Waals surface area contributed by atoms with Gasteiger partial charge in [0.2, 0.25) is 5.91 Å². The number of aliphatic imine (C=N–C) groups is 1. The van der Waals surface area contributed by atoms with Gasteiger partial charge in [0.05, 0.1) is 12.2 Å². The van der Waals surface area contributed by atoms with E-state index in [-0.39, 0.29) is 23.3 Å². The molecule has 1 aliphatic carbocycles. The monoisotopic (exact) mass is 773 g/mol. The number of rotatable bonds is 9. The van der Waals surface area contributed by atoms with Crippen molar-refractivity contribution in [1.82, 2.24) is 20.1 Å². The van der Waals surface area contributed by atoms with E-state index in [4.69, 9.17) is 37.9 Å². The molecule has 1 saturated heterocycles. The van der Waals surface area contributed by atoms with Crippen molar-refractivity contribution in [3.05, 3.63) is 93.2 Å². The number of amides is 3. The van der Waals surface area contributed by atoms with Crippen LogP contribution in [0.4, 0.5) is 4.79 Å². The van der Waals surface area contributed by atoms with Crippen molar-refractivity contribution in [2.75, 3.05) is 26.2 Å². The number of hydrogen-bond acceptors (Lipinski definition) is 5. The number of carbonyl (C=O) groups excluding carboxylic acids is 2. The standard InChI is InChI=1S/C44H57Cl2N5O3/c1-7-54-37-27-38(42(2,3)4)47-29-36(37)40-49-43(5,32-14-18-34(45)19-15-32)44(6,33-16-20-35(46)21-17-33)51(40)41(53)50-24-22-30(23-25-50)26-39(52)48-28-31-12-10-8-9-11-13-31/h14-21,27,29-31H,7-13,22-26,28H2,1-6H3,(H,48,52)/t43-,44+/m0/s1. The molecule has 0 radical (unpaired) electrons. The molecule has 1 N–H and O–H groups in total. The van der Waals surface area contributed by atoms with Crippen LogP contribution in [0, 0.1) is 11.8 Å². The smallest absolute Gasteiger partial charge is 0.326 e. The molecule has 3 aliphatic rings. The number of ether oxygens (including phenoxy) is 1. The Morgan fingerprint density at radius 2 is 1.46 bits per heavy atom. The fourth-order valence-corrected chi connectivity index (χ4v) is 8.74. The molecule has 0 unspecified atom stereocenters. The average molecular weight is 775 g/mol. The van der Waals surface area contributed by atoms with Crippen LogP contribution in [0.15, 0.2) is 65.8 Å². The lowest BCUT2D eigenvalue weighted by Gasteiger charge is -2.47. The van der Waals surface area contributed by atoms with Gasteiger partial charge < -0.3 is 15.0 Å². The fourth-order valence-electron chi connectivity index (χ4n) is 8.49. The largest absolute Gasteiger partial charge is 0.493 e. The summed E-state index contributed by atoms with van der Waals surface area (Å²) in [6.07, 6.45) is 11.3. The first-order chi connectivity index (χ1) is 25.7. The van der Waals surface area contributed by atoms with E-state index in [0.717, 1.165) is 36.2 Å². The Hall–Kier alpha value is -3.62. The molecule has 1 aromatic heterocycles. The van der Waals surface area contributed by atoms with Gasteiger partial charge in [-0.1, -0.05) is 93.9 Å². The summed E-state index contributed by atoms with van der Waals surface area (Å²) in [6.45, 7) is 14.8. The molecule has 54 heavy (non-hydrogen) atoms. The van der Waals surface area contributed by atoms with Gasteiger partial charge in [-0.2, -0.15) is 0 Å². The van der Waals surface area contributed by atoms with Crippen LogP contribution in [-0.4, -0.2) is 58.8 Å². The minimum Gasteiger partial charge on any atom is -0.493 e. The summed E-state index contributed by atoms with van der Waals surface area (Å²) in [6, 6.07) is 17.2. The Kier molecular flexibility index (Phi) is 12.3. The fraction of sp³-hybridized carbons (Fsp3) is 0.545. The topological polar surface area (TPSA) is 87.1 Å². The van der Waals surface area contributed by atoms with Crippen LogP contribution < -0.4 is 10.1 Å². The Morgan fingerprint density at radius 1 is 0.870 bits per heavy atom. The van der Waals surface area contributed by atoms with Crippen molar-refractivity contribution in [3.63, 3.8) is 0 Å². The molecule has 2 aliphatic heterocycles.